The molecule has 1 unspecified atom stereocenters. The van der Waals surface area contributed by atoms with E-state index in [0.29, 0.717) is 35.2 Å². The van der Waals surface area contributed by atoms with Crippen molar-refractivity contribution >= 4 is 23.3 Å². The molecule has 1 fully saturated rings. The maximum Gasteiger partial charge on any atom is 0.338 e. The lowest BCUT2D eigenvalue weighted by Crippen LogP contribution is -2.46. The number of carbonyl (C=O) groups is 1. The van der Waals surface area contributed by atoms with Gasteiger partial charge in [0.15, 0.2) is 5.82 Å². The highest BCUT2D eigenvalue weighted by molar-refractivity contribution is 6.31. The molecule has 0 bridgehead atoms. The molecule has 4 heterocycles. The van der Waals surface area contributed by atoms with E-state index >= 15 is 0 Å². The van der Waals surface area contributed by atoms with Gasteiger partial charge in [0.2, 0.25) is 0 Å². The highest BCUT2D eigenvalue weighted by atomic mass is 35.5. The van der Waals surface area contributed by atoms with E-state index in [1.54, 1.807) is 24.6 Å². The van der Waals surface area contributed by atoms with Crippen LogP contribution in [-0.4, -0.2) is 41.2 Å². The number of hydrogen-bond acceptors (Lipinski definition) is 8. The predicted octanol–water partition coefficient (Wildman–Crippen LogP) is 5.45. The quantitative estimate of drug-likeness (QED) is 0.386. The summed E-state index contributed by atoms with van der Waals surface area (Å²) in [7, 11) is 0. The van der Waals surface area contributed by atoms with Gasteiger partial charge in [0.05, 0.1) is 27.8 Å². The Morgan fingerprint density at radius 1 is 1.26 bits per heavy atom. The van der Waals surface area contributed by atoms with Crippen LogP contribution in [0.3, 0.4) is 0 Å². The average Bonchev–Trinajstić information content (AvgIpc) is 3.56. The van der Waals surface area contributed by atoms with E-state index in [-0.39, 0.29) is 30.1 Å². The summed E-state index contributed by atoms with van der Waals surface area (Å²) in [5.74, 6) is 0.550. The molecule has 0 radical (unpaired) electrons. The minimum Gasteiger partial charge on any atom is -0.512 e. The van der Waals surface area contributed by atoms with E-state index in [2.05, 4.69) is 26.1 Å². The fraction of sp³-hybridized carbons (Fsp3) is 0.517. The molecule has 1 saturated carbocycles. The first-order chi connectivity index (χ1) is 18.5. The van der Waals surface area contributed by atoms with Gasteiger partial charge < -0.3 is 9.84 Å². The molecule has 0 aromatic carbocycles. The third kappa shape index (κ3) is 5.22. The number of aliphatic hydroxyl groups is 1. The zero-order chi connectivity index (χ0) is 27.9. The van der Waals surface area contributed by atoms with Gasteiger partial charge in [-0.1, -0.05) is 24.4 Å². The Labute approximate surface area is 232 Å². The smallest absolute Gasteiger partial charge is 0.338 e. The van der Waals surface area contributed by atoms with Crippen LogP contribution in [0.1, 0.15) is 80.8 Å². The largest absolute Gasteiger partial charge is 0.512 e. The predicted molar refractivity (Wildman–Crippen MR) is 145 cm³/mol. The molecule has 1 atom stereocenters. The number of ether oxygens (including phenoxy) is 1. The molecule has 0 saturated heterocycles. The maximum atomic E-state index is 13.4. The zero-order valence-electron chi connectivity index (χ0n) is 22.8. The van der Waals surface area contributed by atoms with Crippen LogP contribution >= 0.6 is 11.6 Å². The van der Waals surface area contributed by atoms with Gasteiger partial charge in [0.1, 0.15) is 11.4 Å². The number of aryl methyl sites for hydroxylation is 3. The molecule has 1 N–H and O–H groups in total. The van der Waals surface area contributed by atoms with Crippen LogP contribution in [-0.2, 0) is 27.8 Å². The van der Waals surface area contributed by atoms with Crippen LogP contribution in [0.2, 0.25) is 5.02 Å². The molecule has 3 aromatic heterocycles. The van der Waals surface area contributed by atoms with Crippen LogP contribution in [0.25, 0.3) is 5.78 Å². The molecule has 0 amide bonds. The molecular formula is C29H33ClN6O3. The van der Waals surface area contributed by atoms with Crippen molar-refractivity contribution in [1.82, 2.24) is 24.6 Å². The molecule has 3 aromatic rings. The second kappa shape index (κ2) is 10.2. The minimum absolute atomic E-state index is 0.0418. The third-order valence-electron chi connectivity index (χ3n) is 8.06. The Balaban J connectivity index is 1.39. The van der Waals surface area contributed by atoms with Crippen molar-refractivity contribution in [2.45, 2.75) is 90.1 Å². The van der Waals surface area contributed by atoms with Gasteiger partial charge in [-0.2, -0.15) is 10.2 Å². The van der Waals surface area contributed by atoms with Crippen molar-refractivity contribution < 1.29 is 14.6 Å². The van der Waals surface area contributed by atoms with E-state index in [1.807, 2.05) is 26.0 Å². The van der Waals surface area contributed by atoms with E-state index in [4.69, 9.17) is 16.3 Å². The number of cyclic esters (lactones) is 1. The second-order valence-electron chi connectivity index (χ2n) is 11.4. The van der Waals surface area contributed by atoms with Crippen molar-refractivity contribution in [3.8, 4) is 6.07 Å². The normalized spacial score (nSPS) is 20.5. The number of nitriles is 1. The number of aliphatic hydroxyl groups excluding tert-OH is 1. The summed E-state index contributed by atoms with van der Waals surface area (Å²) < 4.78 is 7.88. The second-order valence-corrected chi connectivity index (χ2v) is 11.8. The fourth-order valence-electron chi connectivity index (χ4n) is 5.91. The molecular weight excluding hydrogens is 516 g/mol. The number of esters is 1. The van der Waals surface area contributed by atoms with Crippen LogP contribution in [0, 0.1) is 31.1 Å². The Morgan fingerprint density at radius 2 is 2.00 bits per heavy atom. The number of rotatable bonds is 7. The molecule has 204 valence electrons. The lowest BCUT2D eigenvalue weighted by molar-refractivity contribution is -0.167. The van der Waals surface area contributed by atoms with Crippen molar-refractivity contribution in [3.63, 3.8) is 0 Å². The van der Waals surface area contributed by atoms with Crippen molar-refractivity contribution in [2.75, 3.05) is 0 Å². The van der Waals surface area contributed by atoms with Gasteiger partial charge in [0.25, 0.3) is 5.78 Å². The fourth-order valence-corrected chi connectivity index (χ4v) is 6.34. The van der Waals surface area contributed by atoms with Gasteiger partial charge >= 0.3 is 5.97 Å². The Bertz CT molecular complexity index is 1520. The van der Waals surface area contributed by atoms with Gasteiger partial charge in [-0.15, -0.1) is 5.10 Å². The Morgan fingerprint density at radius 3 is 2.67 bits per heavy atom. The molecule has 2 aliphatic rings. The molecule has 10 heteroatoms. The summed E-state index contributed by atoms with van der Waals surface area (Å²) in [6.07, 6.45) is 7.21. The summed E-state index contributed by atoms with van der Waals surface area (Å²) in [6, 6.07) is 5.99. The standard InChI is InChI=1S/C29H33ClN6O3/c1-17-11-18(2)36-27(33-17)34-24(35-36)13-21-23(37)14-29(39-26(21)38,20-7-5-6-8-20)10-9-19-12-22(30)25(32-15-19)28(3,4)16-31/h11-12,15,20,37H,5-10,13-14H2,1-4H3. The van der Waals surface area contributed by atoms with Crippen molar-refractivity contribution in [3.05, 3.63) is 63.2 Å². The number of halogens is 1. The summed E-state index contributed by atoms with van der Waals surface area (Å²) in [4.78, 5) is 26.8. The number of fused-ring (bicyclic) bond motifs is 1. The van der Waals surface area contributed by atoms with Crippen LogP contribution < -0.4 is 0 Å². The average molecular weight is 549 g/mol. The summed E-state index contributed by atoms with van der Waals surface area (Å²) in [5, 5.41) is 25.6. The molecule has 1 aliphatic heterocycles. The lowest BCUT2D eigenvalue weighted by Gasteiger charge is -2.41. The maximum absolute atomic E-state index is 13.4. The monoisotopic (exact) mass is 548 g/mol. The molecule has 9 nitrogen and oxygen atoms in total. The van der Waals surface area contributed by atoms with Gasteiger partial charge in [-0.05, 0) is 77.0 Å². The zero-order valence-corrected chi connectivity index (χ0v) is 23.5. The van der Waals surface area contributed by atoms with Gasteiger partial charge in [0, 0.05) is 30.4 Å². The van der Waals surface area contributed by atoms with E-state index in [1.165, 1.54) is 0 Å². The molecule has 1 aliphatic carbocycles. The number of aromatic nitrogens is 5. The first-order valence-corrected chi connectivity index (χ1v) is 13.8. The van der Waals surface area contributed by atoms with E-state index < -0.39 is 17.0 Å². The molecule has 39 heavy (non-hydrogen) atoms. The van der Waals surface area contributed by atoms with Crippen LogP contribution in [0.15, 0.2) is 29.7 Å². The SMILES string of the molecule is Cc1cc(C)n2nc(CC3=C(O)CC(CCc4cnc(C(C)(C)C#N)c(Cl)c4)(C4CCCC4)OC3=O)nc2n1. The summed E-state index contributed by atoms with van der Waals surface area (Å²) in [6.45, 7) is 7.37. The van der Waals surface area contributed by atoms with E-state index in [9.17, 15) is 15.2 Å². The molecule has 0 spiro atoms. The van der Waals surface area contributed by atoms with Crippen molar-refractivity contribution in [1.29, 1.82) is 5.26 Å². The van der Waals surface area contributed by atoms with E-state index in [0.717, 1.165) is 42.6 Å². The molecule has 5 rings (SSSR count). The number of hydrogen-bond donors (Lipinski definition) is 1. The number of nitrogens with zero attached hydrogens (tertiary/aromatic N) is 6. The topological polar surface area (TPSA) is 126 Å². The van der Waals surface area contributed by atoms with Crippen LogP contribution in [0.4, 0.5) is 0 Å². The van der Waals surface area contributed by atoms with Crippen molar-refractivity contribution in [2.24, 2.45) is 5.92 Å². The van der Waals surface area contributed by atoms with Gasteiger partial charge in [-0.25, -0.2) is 14.3 Å². The third-order valence-corrected chi connectivity index (χ3v) is 8.35. The summed E-state index contributed by atoms with van der Waals surface area (Å²) in [5.41, 5.74) is 1.75. The minimum atomic E-state index is -0.806. The lowest BCUT2D eigenvalue weighted by atomic mass is 9.76. The van der Waals surface area contributed by atoms with Gasteiger partial charge in [-0.3, -0.25) is 4.98 Å². The Hall–Kier alpha value is -3.51. The highest BCUT2D eigenvalue weighted by Crippen LogP contribution is 2.46. The Kier molecular flexibility index (Phi) is 7.10. The summed E-state index contributed by atoms with van der Waals surface area (Å²) >= 11 is 6.50. The number of pyridine rings is 1. The number of carbonyl (C=O) groups excluding carboxylic acids is 1. The van der Waals surface area contributed by atoms with Crippen LogP contribution in [0.5, 0.6) is 0 Å². The first kappa shape index (κ1) is 27.1. The first-order valence-electron chi connectivity index (χ1n) is 13.4. The highest BCUT2D eigenvalue weighted by Gasteiger charge is 2.48.